The lowest BCUT2D eigenvalue weighted by Crippen LogP contribution is -2.53. The SMILES string of the molecule is CCCC#Cc1cccc(C=O)c1C(=O)N(C)C1CCC(=O)NC1=O.CCNC(=O)OC(C)(C)C. The van der Waals surface area contributed by atoms with Crippen LogP contribution in [0.2, 0.25) is 0 Å². The minimum Gasteiger partial charge on any atom is -0.444 e. The van der Waals surface area contributed by atoms with Crippen LogP contribution in [-0.4, -0.2) is 60.2 Å². The Bertz CT molecular complexity index is 1000. The molecule has 0 saturated carbocycles. The van der Waals surface area contributed by atoms with Crippen LogP contribution in [0.25, 0.3) is 0 Å². The van der Waals surface area contributed by atoms with E-state index < -0.39 is 17.9 Å². The maximum atomic E-state index is 12.9. The fourth-order valence-corrected chi connectivity index (χ4v) is 3.12. The molecule has 190 valence electrons. The first-order valence-electron chi connectivity index (χ1n) is 11.6. The fourth-order valence-electron chi connectivity index (χ4n) is 3.12. The first-order chi connectivity index (χ1) is 16.4. The van der Waals surface area contributed by atoms with Crippen molar-refractivity contribution in [1.29, 1.82) is 0 Å². The molecule has 0 radical (unpaired) electrons. The highest BCUT2D eigenvalue weighted by atomic mass is 16.6. The molecule has 1 heterocycles. The van der Waals surface area contributed by atoms with Crippen molar-refractivity contribution in [2.45, 2.75) is 71.9 Å². The van der Waals surface area contributed by atoms with Crippen molar-refractivity contribution in [3.63, 3.8) is 0 Å². The first-order valence-corrected chi connectivity index (χ1v) is 11.6. The summed E-state index contributed by atoms with van der Waals surface area (Å²) in [5, 5.41) is 4.77. The molecule has 35 heavy (non-hydrogen) atoms. The van der Waals surface area contributed by atoms with E-state index in [-0.39, 0.29) is 41.6 Å². The van der Waals surface area contributed by atoms with Gasteiger partial charge in [0.25, 0.3) is 5.91 Å². The van der Waals surface area contributed by atoms with Crippen molar-refractivity contribution in [3.05, 3.63) is 34.9 Å². The largest absolute Gasteiger partial charge is 0.444 e. The van der Waals surface area contributed by atoms with E-state index in [1.54, 1.807) is 18.2 Å². The smallest absolute Gasteiger partial charge is 0.407 e. The van der Waals surface area contributed by atoms with Crippen molar-refractivity contribution in [2.75, 3.05) is 13.6 Å². The summed E-state index contributed by atoms with van der Waals surface area (Å²) in [5.41, 5.74) is 0.488. The van der Waals surface area contributed by atoms with E-state index in [4.69, 9.17) is 4.74 Å². The number of carbonyl (C=O) groups is 5. The molecule has 2 rings (SSSR count). The number of carbonyl (C=O) groups excluding carboxylic acids is 5. The summed E-state index contributed by atoms with van der Waals surface area (Å²) in [5.74, 6) is 4.59. The minimum atomic E-state index is -0.749. The quantitative estimate of drug-likeness (QED) is 0.376. The fraction of sp³-hybridized carbons (Fsp3) is 0.500. The predicted octanol–water partition coefficient (Wildman–Crippen LogP) is 3.06. The lowest BCUT2D eigenvalue weighted by Gasteiger charge is -2.30. The number of alkyl carbamates (subject to hydrolysis) is 1. The maximum Gasteiger partial charge on any atom is 0.407 e. The highest BCUT2D eigenvalue weighted by Crippen LogP contribution is 2.19. The Kier molecular flexibility index (Phi) is 11.7. The third kappa shape index (κ3) is 9.61. The van der Waals surface area contributed by atoms with E-state index in [9.17, 15) is 24.0 Å². The average Bonchev–Trinajstić information content (AvgIpc) is 2.77. The molecular weight excluding hydrogens is 450 g/mol. The van der Waals surface area contributed by atoms with E-state index >= 15 is 0 Å². The number of likely N-dealkylation sites (N-methyl/N-ethyl adjacent to an activating group) is 1. The van der Waals surface area contributed by atoms with Gasteiger partial charge in [-0.15, -0.1) is 0 Å². The Morgan fingerprint density at radius 3 is 2.49 bits per heavy atom. The van der Waals surface area contributed by atoms with Gasteiger partial charge < -0.3 is 15.0 Å². The summed E-state index contributed by atoms with van der Waals surface area (Å²) in [7, 11) is 1.49. The molecule has 0 aliphatic carbocycles. The summed E-state index contributed by atoms with van der Waals surface area (Å²) in [6, 6.07) is 4.15. The molecule has 4 amide bonds. The van der Waals surface area contributed by atoms with Crippen LogP contribution in [0.5, 0.6) is 0 Å². The summed E-state index contributed by atoms with van der Waals surface area (Å²) in [6.07, 6.45) is 2.26. The molecule has 1 atom stereocenters. The van der Waals surface area contributed by atoms with Crippen LogP contribution in [0, 0.1) is 11.8 Å². The molecule has 1 aliphatic rings. The number of nitrogens with one attached hydrogen (secondary N) is 2. The topological polar surface area (TPSA) is 122 Å². The maximum absolute atomic E-state index is 12.9. The second-order valence-electron chi connectivity index (χ2n) is 8.85. The zero-order valence-corrected chi connectivity index (χ0v) is 21.3. The van der Waals surface area contributed by atoms with Crippen LogP contribution in [0.1, 0.15) is 86.6 Å². The Hall–Kier alpha value is -3.67. The van der Waals surface area contributed by atoms with Gasteiger partial charge in [0, 0.05) is 37.6 Å². The van der Waals surface area contributed by atoms with Gasteiger partial charge in [0.15, 0.2) is 6.29 Å². The van der Waals surface area contributed by atoms with Crippen LogP contribution < -0.4 is 10.6 Å². The summed E-state index contributed by atoms with van der Waals surface area (Å²) in [4.78, 5) is 59.6. The molecule has 9 nitrogen and oxygen atoms in total. The van der Waals surface area contributed by atoms with Gasteiger partial charge in [0.2, 0.25) is 11.8 Å². The number of ether oxygens (including phenoxy) is 1. The lowest BCUT2D eigenvalue weighted by atomic mass is 9.98. The number of imide groups is 1. The standard InChI is InChI=1S/C19H20N2O4.C7H15NO2/c1-3-4-5-7-13-8-6-9-14(12-22)17(13)19(25)21(2)15-10-11-16(23)20-18(15)24;1-5-8-6(9)10-7(2,3)4/h6,8-9,12,15H,3-4,10-11H2,1-2H3,(H,20,23,24);5H2,1-4H3,(H,8,9). The van der Waals surface area contributed by atoms with Crippen molar-refractivity contribution in [1.82, 2.24) is 15.5 Å². The second-order valence-corrected chi connectivity index (χ2v) is 8.85. The van der Waals surface area contributed by atoms with E-state index in [0.29, 0.717) is 24.8 Å². The molecule has 9 heteroatoms. The molecule has 0 aromatic heterocycles. The number of aldehydes is 1. The molecule has 1 fully saturated rings. The van der Waals surface area contributed by atoms with Gasteiger partial charge in [-0.3, -0.25) is 24.5 Å². The highest BCUT2D eigenvalue weighted by molar-refractivity contribution is 6.07. The number of unbranched alkanes of at least 4 members (excludes halogenated alkanes) is 1. The second kappa shape index (κ2) is 13.9. The molecule has 0 spiro atoms. The van der Waals surface area contributed by atoms with Crippen molar-refractivity contribution in [3.8, 4) is 11.8 Å². The van der Waals surface area contributed by atoms with Crippen LogP contribution in [0.15, 0.2) is 18.2 Å². The lowest BCUT2D eigenvalue weighted by molar-refractivity contribution is -0.136. The number of rotatable bonds is 5. The van der Waals surface area contributed by atoms with Crippen molar-refractivity contribution < 1.29 is 28.7 Å². The number of hydrogen-bond donors (Lipinski definition) is 2. The average molecular weight is 486 g/mol. The van der Waals surface area contributed by atoms with Crippen molar-refractivity contribution in [2.24, 2.45) is 0 Å². The van der Waals surface area contributed by atoms with Gasteiger partial charge in [-0.2, -0.15) is 0 Å². The van der Waals surface area contributed by atoms with E-state index in [1.807, 2.05) is 34.6 Å². The number of hydrogen-bond acceptors (Lipinski definition) is 6. The van der Waals surface area contributed by atoms with Gasteiger partial charge in [-0.05, 0) is 46.6 Å². The summed E-state index contributed by atoms with van der Waals surface area (Å²) < 4.78 is 4.93. The molecule has 1 aromatic carbocycles. The normalized spacial score (nSPS) is 14.9. The molecule has 2 N–H and O–H groups in total. The minimum absolute atomic E-state index is 0.173. The number of amides is 4. The monoisotopic (exact) mass is 485 g/mol. The van der Waals surface area contributed by atoms with Crippen LogP contribution in [0.4, 0.5) is 4.79 Å². The summed E-state index contributed by atoms with van der Waals surface area (Å²) in [6.45, 7) is 9.96. The van der Waals surface area contributed by atoms with Gasteiger partial charge in [0.05, 0.1) is 5.56 Å². The van der Waals surface area contributed by atoms with Gasteiger partial charge in [0.1, 0.15) is 11.6 Å². The number of benzene rings is 1. The van der Waals surface area contributed by atoms with Crippen molar-refractivity contribution >= 4 is 30.1 Å². The first kappa shape index (κ1) is 29.4. The Morgan fingerprint density at radius 2 is 1.94 bits per heavy atom. The Labute approximate surface area is 207 Å². The van der Waals surface area contributed by atoms with E-state index in [1.165, 1.54) is 11.9 Å². The van der Waals surface area contributed by atoms with E-state index in [2.05, 4.69) is 22.5 Å². The number of nitrogens with zero attached hydrogens (tertiary/aromatic N) is 1. The van der Waals surface area contributed by atoms with Gasteiger partial charge in [-0.25, -0.2) is 4.79 Å². The van der Waals surface area contributed by atoms with E-state index in [0.717, 1.165) is 6.42 Å². The van der Waals surface area contributed by atoms with Crippen LogP contribution >= 0.6 is 0 Å². The molecule has 1 unspecified atom stereocenters. The van der Waals surface area contributed by atoms with Crippen LogP contribution in [0.3, 0.4) is 0 Å². The predicted molar refractivity (Wildman–Crippen MR) is 132 cm³/mol. The molecule has 0 bridgehead atoms. The molecule has 1 saturated heterocycles. The van der Waals surface area contributed by atoms with Gasteiger partial charge >= 0.3 is 6.09 Å². The molecular formula is C26H35N3O6. The third-order valence-corrected chi connectivity index (χ3v) is 4.75. The zero-order valence-electron chi connectivity index (χ0n) is 21.3. The Balaban J connectivity index is 0.000000518. The zero-order chi connectivity index (χ0) is 26.6. The molecule has 1 aromatic rings. The highest BCUT2D eigenvalue weighted by Gasteiger charge is 2.33. The number of piperidine rings is 1. The molecule has 1 aliphatic heterocycles. The Morgan fingerprint density at radius 1 is 1.26 bits per heavy atom. The van der Waals surface area contributed by atoms with Crippen LogP contribution in [-0.2, 0) is 14.3 Å². The third-order valence-electron chi connectivity index (χ3n) is 4.75. The van der Waals surface area contributed by atoms with Gasteiger partial charge in [-0.1, -0.05) is 30.9 Å². The summed E-state index contributed by atoms with van der Waals surface area (Å²) >= 11 is 0.